The molecule has 0 atom stereocenters. The summed E-state index contributed by atoms with van der Waals surface area (Å²) in [4.78, 5) is 11.9. The van der Waals surface area contributed by atoms with Gasteiger partial charge in [0.05, 0.1) is 5.75 Å². The number of benzene rings is 1. The van der Waals surface area contributed by atoms with Crippen molar-refractivity contribution in [3.05, 3.63) is 33.8 Å². The Labute approximate surface area is 117 Å². The Hall–Kier alpha value is -0.680. The predicted octanol–water partition coefficient (Wildman–Crippen LogP) is 3.16. The lowest BCUT2D eigenvalue weighted by Gasteiger charge is -2.04. The Morgan fingerprint density at radius 1 is 1.33 bits per heavy atom. The van der Waals surface area contributed by atoms with E-state index in [4.69, 9.17) is 0 Å². The number of carbonyl (C=O) groups is 1. The minimum absolute atomic E-state index is 0.00287. The monoisotopic (exact) mass is 332 g/mol. The van der Waals surface area contributed by atoms with Crippen LogP contribution in [0.5, 0.6) is 0 Å². The average Bonchev–Trinajstić information content (AvgIpc) is 2.32. The number of halogens is 1. The quantitative estimate of drug-likeness (QED) is 0.752. The molecule has 0 fully saturated rings. The van der Waals surface area contributed by atoms with E-state index in [9.17, 15) is 13.2 Å². The van der Waals surface area contributed by atoms with Gasteiger partial charge in [0.15, 0.2) is 5.78 Å². The maximum absolute atomic E-state index is 11.9. The van der Waals surface area contributed by atoms with Gasteiger partial charge in [0.1, 0.15) is 9.84 Å². The highest BCUT2D eigenvalue weighted by atomic mass is 79.9. The molecule has 100 valence electrons. The van der Waals surface area contributed by atoms with Crippen molar-refractivity contribution in [1.82, 2.24) is 0 Å². The number of hydrogen-bond donors (Lipinski definition) is 0. The number of hydrogen-bond acceptors (Lipinski definition) is 3. The summed E-state index contributed by atoms with van der Waals surface area (Å²) >= 11 is 3.38. The lowest BCUT2D eigenvalue weighted by Crippen LogP contribution is -2.10. The highest BCUT2D eigenvalue weighted by Gasteiger charge is 2.11. The summed E-state index contributed by atoms with van der Waals surface area (Å²) in [6.07, 6.45) is 0.671. The lowest BCUT2D eigenvalue weighted by molar-refractivity contribution is 0.0982. The topological polar surface area (TPSA) is 51.2 Å². The molecule has 0 radical (unpaired) electrons. The smallest absolute Gasteiger partial charge is 0.162 e. The third kappa shape index (κ3) is 4.53. The Kier molecular flexibility index (Phi) is 5.53. The van der Waals surface area contributed by atoms with Crippen LogP contribution in [0.2, 0.25) is 0 Å². The van der Waals surface area contributed by atoms with Crippen molar-refractivity contribution >= 4 is 31.6 Å². The van der Waals surface area contributed by atoms with E-state index in [1.807, 2.05) is 19.1 Å². The number of carbonyl (C=O) groups excluding carboxylic acids is 1. The molecule has 1 aromatic carbocycles. The average molecular weight is 333 g/mol. The van der Waals surface area contributed by atoms with Crippen LogP contribution in [0.3, 0.4) is 0 Å². The van der Waals surface area contributed by atoms with Crippen LogP contribution >= 0.6 is 15.9 Å². The van der Waals surface area contributed by atoms with Crippen LogP contribution in [0.1, 0.15) is 35.7 Å². The highest BCUT2D eigenvalue weighted by Crippen LogP contribution is 2.18. The molecule has 0 saturated carbocycles. The van der Waals surface area contributed by atoms with Crippen LogP contribution in [0.15, 0.2) is 22.7 Å². The first-order chi connectivity index (χ1) is 8.35. The van der Waals surface area contributed by atoms with Gasteiger partial charge in [-0.3, -0.25) is 4.79 Å². The van der Waals surface area contributed by atoms with Crippen LogP contribution in [0, 0.1) is 6.92 Å². The van der Waals surface area contributed by atoms with Crippen LogP contribution in [-0.4, -0.2) is 25.7 Å². The zero-order valence-corrected chi connectivity index (χ0v) is 13.0. The number of ketones is 1. The van der Waals surface area contributed by atoms with Crippen molar-refractivity contribution in [2.75, 3.05) is 11.5 Å². The minimum Gasteiger partial charge on any atom is -0.294 e. The first kappa shape index (κ1) is 15.4. The van der Waals surface area contributed by atoms with E-state index >= 15 is 0 Å². The molecule has 0 aliphatic rings. The van der Waals surface area contributed by atoms with Crippen molar-refractivity contribution in [3.8, 4) is 0 Å². The molecule has 0 spiro atoms. The minimum atomic E-state index is -2.97. The van der Waals surface area contributed by atoms with Gasteiger partial charge in [0.2, 0.25) is 0 Å². The first-order valence-electron chi connectivity index (χ1n) is 5.85. The second-order valence-corrected chi connectivity index (χ2v) is 7.55. The fraction of sp³-hybridized carbons (Fsp3) is 0.462. The Bertz CT molecular complexity index is 535. The van der Waals surface area contributed by atoms with Crippen molar-refractivity contribution in [2.24, 2.45) is 0 Å². The Morgan fingerprint density at radius 2 is 2.00 bits per heavy atom. The van der Waals surface area contributed by atoms with Gasteiger partial charge < -0.3 is 0 Å². The van der Waals surface area contributed by atoms with E-state index < -0.39 is 9.84 Å². The van der Waals surface area contributed by atoms with Gasteiger partial charge in [0, 0.05) is 22.2 Å². The SMILES string of the molecule is CCS(=O)(=O)CCCC(=O)c1ccc(Br)c(C)c1. The maximum atomic E-state index is 11.9. The van der Waals surface area contributed by atoms with Gasteiger partial charge in [-0.1, -0.05) is 28.9 Å². The second-order valence-electron chi connectivity index (χ2n) is 4.23. The molecule has 0 aromatic heterocycles. The third-order valence-electron chi connectivity index (χ3n) is 2.78. The molecule has 5 heteroatoms. The first-order valence-corrected chi connectivity index (χ1v) is 8.47. The standard InChI is InChI=1S/C13H17BrO3S/c1-3-18(16,17)8-4-5-13(15)11-6-7-12(14)10(2)9-11/h6-7,9H,3-5,8H2,1-2H3. The largest absolute Gasteiger partial charge is 0.294 e. The van der Waals surface area contributed by atoms with E-state index in [1.165, 1.54) is 0 Å². The molecule has 0 unspecified atom stereocenters. The van der Waals surface area contributed by atoms with E-state index in [0.717, 1.165) is 10.0 Å². The van der Waals surface area contributed by atoms with E-state index in [0.29, 0.717) is 12.0 Å². The molecule has 0 amide bonds. The highest BCUT2D eigenvalue weighted by molar-refractivity contribution is 9.10. The molecule has 1 aromatic rings. The summed E-state index contributed by atoms with van der Waals surface area (Å²) in [7, 11) is -2.97. The van der Waals surface area contributed by atoms with Crippen LogP contribution in [0.25, 0.3) is 0 Å². The molecule has 0 heterocycles. The molecule has 0 aliphatic carbocycles. The fourth-order valence-electron chi connectivity index (χ4n) is 1.56. The van der Waals surface area contributed by atoms with Crippen LogP contribution in [-0.2, 0) is 9.84 Å². The van der Waals surface area contributed by atoms with Crippen molar-refractivity contribution in [3.63, 3.8) is 0 Å². The molecule has 18 heavy (non-hydrogen) atoms. The summed E-state index contributed by atoms with van der Waals surface area (Å²) in [5, 5.41) is 0. The Morgan fingerprint density at radius 3 is 2.56 bits per heavy atom. The summed E-state index contributed by atoms with van der Waals surface area (Å²) in [5.41, 5.74) is 1.65. The van der Waals surface area contributed by atoms with Crippen LogP contribution in [0.4, 0.5) is 0 Å². The molecule has 1 rings (SSSR count). The van der Waals surface area contributed by atoms with Crippen molar-refractivity contribution in [1.29, 1.82) is 0 Å². The molecular weight excluding hydrogens is 316 g/mol. The molecular formula is C13H17BrO3S. The van der Waals surface area contributed by atoms with Crippen LogP contribution < -0.4 is 0 Å². The lowest BCUT2D eigenvalue weighted by atomic mass is 10.1. The number of Topliss-reactive ketones (excluding diaryl/α,β-unsaturated/α-hetero) is 1. The Balaban J connectivity index is 2.58. The fourth-order valence-corrected chi connectivity index (χ4v) is 2.68. The van der Waals surface area contributed by atoms with Crippen molar-refractivity contribution in [2.45, 2.75) is 26.7 Å². The second kappa shape index (κ2) is 6.48. The number of sulfone groups is 1. The van der Waals surface area contributed by atoms with E-state index in [2.05, 4.69) is 15.9 Å². The molecule has 3 nitrogen and oxygen atoms in total. The van der Waals surface area contributed by atoms with Gasteiger partial charge in [-0.25, -0.2) is 8.42 Å². The summed E-state index contributed by atoms with van der Waals surface area (Å²) < 4.78 is 23.6. The van der Waals surface area contributed by atoms with Gasteiger partial charge >= 0.3 is 0 Å². The number of aryl methyl sites for hydroxylation is 1. The zero-order chi connectivity index (χ0) is 13.8. The molecule has 0 saturated heterocycles. The van der Waals surface area contributed by atoms with Gasteiger partial charge in [-0.2, -0.15) is 0 Å². The van der Waals surface area contributed by atoms with Gasteiger partial charge in [0.25, 0.3) is 0 Å². The van der Waals surface area contributed by atoms with E-state index in [-0.39, 0.29) is 23.7 Å². The maximum Gasteiger partial charge on any atom is 0.162 e. The van der Waals surface area contributed by atoms with Gasteiger partial charge in [-0.15, -0.1) is 0 Å². The summed E-state index contributed by atoms with van der Waals surface area (Å²) in [6.45, 7) is 3.54. The van der Waals surface area contributed by atoms with Crippen molar-refractivity contribution < 1.29 is 13.2 Å². The predicted molar refractivity (Wildman–Crippen MR) is 76.8 cm³/mol. The van der Waals surface area contributed by atoms with E-state index in [1.54, 1.807) is 13.0 Å². The molecule has 0 N–H and O–H groups in total. The molecule has 0 aliphatic heterocycles. The summed E-state index contributed by atoms with van der Waals surface area (Å²) in [5.74, 6) is 0.223. The number of rotatable bonds is 6. The summed E-state index contributed by atoms with van der Waals surface area (Å²) in [6, 6.07) is 5.42. The molecule has 0 bridgehead atoms. The van der Waals surface area contributed by atoms with Gasteiger partial charge in [-0.05, 0) is 31.0 Å². The zero-order valence-electron chi connectivity index (χ0n) is 10.6. The third-order valence-corrected chi connectivity index (χ3v) is 5.46. The normalized spacial score (nSPS) is 11.5.